The van der Waals surface area contributed by atoms with E-state index in [0.717, 1.165) is 10.6 Å². The van der Waals surface area contributed by atoms with Crippen molar-refractivity contribution < 1.29 is 19.1 Å². The Hall–Kier alpha value is -2.73. The second-order valence-corrected chi connectivity index (χ2v) is 6.48. The van der Waals surface area contributed by atoms with Crippen molar-refractivity contribution in [2.24, 2.45) is 0 Å². The number of nitrogens with one attached hydrogen (secondary N) is 1. The number of ether oxygens (including phenoxy) is 2. The Labute approximate surface area is 156 Å². The summed E-state index contributed by atoms with van der Waals surface area (Å²) in [6, 6.07) is 13.5. The summed E-state index contributed by atoms with van der Waals surface area (Å²) in [7, 11) is 1.59. The molecule has 2 aromatic rings. The lowest BCUT2D eigenvalue weighted by atomic mass is 9.92. The maximum atomic E-state index is 12.8. The van der Waals surface area contributed by atoms with Crippen LogP contribution in [0.2, 0.25) is 5.02 Å². The molecule has 2 aromatic carbocycles. The van der Waals surface area contributed by atoms with E-state index in [1.165, 1.54) is 0 Å². The molecule has 1 heterocycles. The Kier molecular flexibility index (Phi) is 5.04. The molecule has 136 valence electrons. The van der Waals surface area contributed by atoms with Gasteiger partial charge in [0.2, 0.25) is 0 Å². The average molecular weight is 375 g/mol. The molecule has 1 N–H and O–H groups in total. The summed E-state index contributed by atoms with van der Waals surface area (Å²) in [5.74, 6) is 1.05. The fourth-order valence-corrected chi connectivity index (χ4v) is 2.93. The highest BCUT2D eigenvalue weighted by atomic mass is 35.5. The van der Waals surface area contributed by atoms with Crippen molar-refractivity contribution in [2.45, 2.75) is 12.5 Å². The summed E-state index contributed by atoms with van der Waals surface area (Å²) in [4.78, 5) is 26.2. The Morgan fingerprint density at radius 1 is 1.04 bits per heavy atom. The Morgan fingerprint density at radius 2 is 1.65 bits per heavy atom. The lowest BCUT2D eigenvalue weighted by molar-refractivity contribution is -0.131. The Balaban J connectivity index is 1.64. The number of imide groups is 1. The van der Waals surface area contributed by atoms with Crippen molar-refractivity contribution in [3.63, 3.8) is 0 Å². The lowest BCUT2D eigenvalue weighted by Crippen LogP contribution is -2.41. The van der Waals surface area contributed by atoms with Gasteiger partial charge in [-0.1, -0.05) is 23.7 Å². The molecule has 3 amide bonds. The van der Waals surface area contributed by atoms with Crippen LogP contribution in [0.15, 0.2) is 48.5 Å². The van der Waals surface area contributed by atoms with Gasteiger partial charge in [0.05, 0.1) is 13.7 Å². The van der Waals surface area contributed by atoms with E-state index < -0.39 is 11.6 Å². The van der Waals surface area contributed by atoms with Gasteiger partial charge in [0, 0.05) is 5.02 Å². The van der Waals surface area contributed by atoms with Gasteiger partial charge in [0.1, 0.15) is 23.6 Å². The van der Waals surface area contributed by atoms with E-state index in [1.54, 1.807) is 62.6 Å². The van der Waals surface area contributed by atoms with Gasteiger partial charge in [-0.15, -0.1) is 0 Å². The van der Waals surface area contributed by atoms with Crippen molar-refractivity contribution in [2.75, 3.05) is 20.3 Å². The van der Waals surface area contributed by atoms with Crippen LogP contribution in [0.5, 0.6) is 11.5 Å². The highest BCUT2D eigenvalue weighted by molar-refractivity contribution is 6.30. The summed E-state index contributed by atoms with van der Waals surface area (Å²) >= 11 is 5.90. The first-order valence-electron chi connectivity index (χ1n) is 8.11. The van der Waals surface area contributed by atoms with Crippen molar-refractivity contribution >= 4 is 23.5 Å². The highest BCUT2D eigenvalue weighted by Crippen LogP contribution is 2.29. The smallest absolute Gasteiger partial charge is 0.325 e. The molecule has 1 atom stereocenters. The summed E-state index contributed by atoms with van der Waals surface area (Å²) in [5, 5.41) is 3.32. The zero-order chi connectivity index (χ0) is 18.7. The number of methoxy groups -OCH3 is 1. The van der Waals surface area contributed by atoms with Crippen molar-refractivity contribution in [3.8, 4) is 11.5 Å². The van der Waals surface area contributed by atoms with E-state index >= 15 is 0 Å². The van der Waals surface area contributed by atoms with Gasteiger partial charge in [-0.25, -0.2) is 4.79 Å². The molecule has 1 saturated heterocycles. The predicted molar refractivity (Wildman–Crippen MR) is 97.5 cm³/mol. The van der Waals surface area contributed by atoms with Crippen LogP contribution >= 0.6 is 11.6 Å². The van der Waals surface area contributed by atoms with E-state index in [1.807, 2.05) is 0 Å². The number of halogens is 1. The number of hydrogen-bond donors (Lipinski definition) is 1. The molecule has 0 saturated carbocycles. The largest absolute Gasteiger partial charge is 0.497 e. The summed E-state index contributed by atoms with van der Waals surface area (Å²) in [6.45, 7) is 2.03. The first kappa shape index (κ1) is 18.1. The van der Waals surface area contributed by atoms with E-state index in [0.29, 0.717) is 16.3 Å². The number of urea groups is 1. The maximum Gasteiger partial charge on any atom is 0.325 e. The average Bonchev–Trinajstić information content (AvgIpc) is 2.86. The predicted octanol–water partition coefficient (Wildman–Crippen LogP) is 3.19. The molecular weight excluding hydrogens is 356 g/mol. The molecule has 6 nitrogen and oxygen atoms in total. The third-order valence-corrected chi connectivity index (χ3v) is 4.59. The fourth-order valence-electron chi connectivity index (χ4n) is 2.81. The standard InChI is InChI=1S/C19H19ClN2O4/c1-19(13-3-5-14(20)6-4-13)17(23)22(18(24)21-19)11-12-26-16-9-7-15(25-2)8-10-16/h3-10H,11-12H2,1-2H3,(H,21,24)/t19-/m0/s1. The number of rotatable bonds is 6. The normalized spacial score (nSPS) is 19.4. The van der Waals surface area contributed by atoms with Crippen LogP contribution in [0.1, 0.15) is 12.5 Å². The molecular formula is C19H19ClN2O4. The molecule has 0 bridgehead atoms. The van der Waals surface area contributed by atoms with E-state index in [-0.39, 0.29) is 19.1 Å². The van der Waals surface area contributed by atoms with Gasteiger partial charge < -0.3 is 14.8 Å². The zero-order valence-electron chi connectivity index (χ0n) is 14.5. The van der Waals surface area contributed by atoms with E-state index in [9.17, 15) is 9.59 Å². The number of carbonyl (C=O) groups is 2. The van der Waals surface area contributed by atoms with Crippen molar-refractivity contribution in [1.29, 1.82) is 0 Å². The zero-order valence-corrected chi connectivity index (χ0v) is 15.2. The highest BCUT2D eigenvalue weighted by Gasteiger charge is 2.48. The van der Waals surface area contributed by atoms with E-state index in [4.69, 9.17) is 21.1 Å². The van der Waals surface area contributed by atoms with Crippen LogP contribution in [0.3, 0.4) is 0 Å². The molecule has 1 fully saturated rings. The topological polar surface area (TPSA) is 67.9 Å². The molecule has 0 spiro atoms. The second kappa shape index (κ2) is 7.25. The minimum atomic E-state index is -1.11. The van der Waals surface area contributed by atoms with Gasteiger partial charge in [0.15, 0.2) is 0 Å². The van der Waals surface area contributed by atoms with Crippen molar-refractivity contribution in [3.05, 3.63) is 59.1 Å². The SMILES string of the molecule is COc1ccc(OCCN2C(=O)N[C@@](C)(c3ccc(Cl)cc3)C2=O)cc1. The second-order valence-electron chi connectivity index (χ2n) is 6.04. The van der Waals surface area contributed by atoms with Crippen LogP contribution in [0, 0.1) is 0 Å². The fraction of sp³-hybridized carbons (Fsp3) is 0.263. The van der Waals surface area contributed by atoms with Crippen LogP contribution < -0.4 is 14.8 Å². The molecule has 1 aliphatic rings. The van der Waals surface area contributed by atoms with Gasteiger partial charge in [0.25, 0.3) is 5.91 Å². The first-order chi connectivity index (χ1) is 12.4. The van der Waals surface area contributed by atoms with E-state index in [2.05, 4.69) is 5.32 Å². The third-order valence-electron chi connectivity index (χ3n) is 4.34. The minimum Gasteiger partial charge on any atom is -0.497 e. The van der Waals surface area contributed by atoms with Crippen LogP contribution in [0.4, 0.5) is 4.79 Å². The molecule has 0 unspecified atom stereocenters. The minimum absolute atomic E-state index is 0.153. The van der Waals surface area contributed by atoms with Crippen LogP contribution in [-0.4, -0.2) is 37.1 Å². The van der Waals surface area contributed by atoms with Crippen LogP contribution in [0.25, 0.3) is 0 Å². The maximum absolute atomic E-state index is 12.8. The molecule has 0 aromatic heterocycles. The number of carbonyl (C=O) groups excluding carboxylic acids is 2. The molecule has 0 radical (unpaired) electrons. The first-order valence-corrected chi connectivity index (χ1v) is 8.49. The van der Waals surface area contributed by atoms with Gasteiger partial charge in [-0.3, -0.25) is 9.69 Å². The van der Waals surface area contributed by atoms with Gasteiger partial charge in [-0.05, 0) is 48.9 Å². The number of hydrogen-bond acceptors (Lipinski definition) is 4. The summed E-state index contributed by atoms with van der Waals surface area (Å²) in [5.41, 5.74) is -0.430. The Morgan fingerprint density at radius 3 is 2.27 bits per heavy atom. The molecule has 1 aliphatic heterocycles. The van der Waals surface area contributed by atoms with Crippen LogP contribution in [-0.2, 0) is 10.3 Å². The number of amides is 3. The number of nitrogens with zero attached hydrogens (tertiary/aromatic N) is 1. The molecule has 0 aliphatic carbocycles. The monoisotopic (exact) mass is 374 g/mol. The summed E-state index contributed by atoms with van der Waals surface area (Å²) in [6.07, 6.45) is 0. The van der Waals surface area contributed by atoms with Gasteiger partial charge in [-0.2, -0.15) is 0 Å². The van der Waals surface area contributed by atoms with Crippen molar-refractivity contribution in [1.82, 2.24) is 10.2 Å². The Bertz CT molecular complexity index is 807. The number of benzene rings is 2. The quantitative estimate of drug-likeness (QED) is 0.788. The summed E-state index contributed by atoms with van der Waals surface area (Å²) < 4.78 is 10.7. The molecule has 7 heteroatoms. The molecule has 26 heavy (non-hydrogen) atoms. The third kappa shape index (κ3) is 3.46. The molecule has 3 rings (SSSR count). The lowest BCUT2D eigenvalue weighted by Gasteiger charge is -2.22. The van der Waals surface area contributed by atoms with Gasteiger partial charge >= 0.3 is 6.03 Å².